The molecule has 3 rings (SSSR count). The molecule has 3 nitrogen and oxygen atoms in total. The lowest BCUT2D eigenvalue weighted by molar-refractivity contribution is 0.404. The van der Waals surface area contributed by atoms with Gasteiger partial charge in [-0.2, -0.15) is 0 Å². The van der Waals surface area contributed by atoms with Crippen molar-refractivity contribution in [3.8, 4) is 0 Å². The van der Waals surface area contributed by atoms with Gasteiger partial charge in [0.15, 0.2) is 5.58 Å². The van der Waals surface area contributed by atoms with E-state index in [1.165, 1.54) is 0 Å². The van der Waals surface area contributed by atoms with Gasteiger partial charge in [0, 0.05) is 22.4 Å². The fraction of sp³-hybridized carbons (Fsp3) is 0.417. The largest absolute Gasteiger partial charge is 0.356 e. The molecule has 0 saturated carbocycles. The average Bonchev–Trinajstić information content (AvgIpc) is 2.73. The number of nitrogens with one attached hydrogen (secondary N) is 1. The zero-order valence-electron chi connectivity index (χ0n) is 9.28. The van der Waals surface area contributed by atoms with Gasteiger partial charge in [0.25, 0.3) is 0 Å². The molecule has 0 amide bonds. The zero-order valence-corrected chi connectivity index (χ0v) is 10.9. The lowest BCUT2D eigenvalue weighted by Crippen LogP contribution is -2.26. The van der Waals surface area contributed by atoms with Crippen LogP contribution in [0.15, 0.2) is 22.7 Å². The molecule has 0 aliphatic carbocycles. The summed E-state index contributed by atoms with van der Waals surface area (Å²) in [6, 6.07) is 5.73. The van der Waals surface area contributed by atoms with Crippen LogP contribution in [-0.2, 0) is 0 Å². The number of rotatable bonds is 1. The minimum atomic E-state index is 0. The molecule has 1 aliphatic rings. The molecule has 0 atom stereocenters. The first-order valence-corrected chi connectivity index (χ1v) is 5.98. The van der Waals surface area contributed by atoms with E-state index in [4.69, 9.17) is 16.1 Å². The minimum absolute atomic E-state index is 0. The third-order valence-electron chi connectivity index (χ3n) is 3.19. The van der Waals surface area contributed by atoms with Gasteiger partial charge in [-0.3, -0.25) is 0 Å². The van der Waals surface area contributed by atoms with E-state index in [-0.39, 0.29) is 12.4 Å². The highest BCUT2D eigenvalue weighted by Crippen LogP contribution is 2.31. The van der Waals surface area contributed by atoms with Crippen LogP contribution in [0.3, 0.4) is 0 Å². The van der Waals surface area contributed by atoms with Gasteiger partial charge >= 0.3 is 0 Å². The molecule has 17 heavy (non-hydrogen) atoms. The van der Waals surface area contributed by atoms with Crippen molar-refractivity contribution in [3.63, 3.8) is 0 Å². The second kappa shape index (κ2) is 5.25. The fourth-order valence-corrected chi connectivity index (χ4v) is 2.48. The van der Waals surface area contributed by atoms with Crippen LogP contribution in [0, 0.1) is 0 Å². The molecule has 1 aliphatic heterocycles. The Balaban J connectivity index is 0.00000108. The lowest BCUT2D eigenvalue weighted by atomic mass is 9.93. The van der Waals surface area contributed by atoms with E-state index in [2.05, 4.69) is 10.5 Å². The SMILES string of the molecule is Cl.Clc1ccc2c(C3CCNCC3)noc2c1. The number of fused-ring (bicyclic) bond motifs is 1. The molecule has 1 saturated heterocycles. The molecule has 92 valence electrons. The molecule has 0 spiro atoms. The maximum Gasteiger partial charge on any atom is 0.168 e. The van der Waals surface area contributed by atoms with Crippen LogP contribution < -0.4 is 5.32 Å². The van der Waals surface area contributed by atoms with Crippen molar-refractivity contribution >= 4 is 35.0 Å². The van der Waals surface area contributed by atoms with E-state index in [9.17, 15) is 0 Å². The summed E-state index contributed by atoms with van der Waals surface area (Å²) in [5, 5.41) is 9.36. The molecule has 5 heteroatoms. The summed E-state index contributed by atoms with van der Waals surface area (Å²) in [6.45, 7) is 2.12. The van der Waals surface area contributed by atoms with Crippen LogP contribution in [0.1, 0.15) is 24.5 Å². The van der Waals surface area contributed by atoms with Crippen LogP contribution in [0.5, 0.6) is 0 Å². The first kappa shape index (κ1) is 12.7. The van der Waals surface area contributed by atoms with E-state index < -0.39 is 0 Å². The molecule has 0 radical (unpaired) electrons. The Morgan fingerprint density at radius 3 is 2.82 bits per heavy atom. The third-order valence-corrected chi connectivity index (χ3v) is 3.42. The highest BCUT2D eigenvalue weighted by molar-refractivity contribution is 6.31. The van der Waals surface area contributed by atoms with Gasteiger partial charge in [-0.15, -0.1) is 12.4 Å². The molecule has 0 unspecified atom stereocenters. The third kappa shape index (κ3) is 2.41. The van der Waals surface area contributed by atoms with Crippen LogP contribution in [-0.4, -0.2) is 18.2 Å². The number of piperidine rings is 1. The van der Waals surface area contributed by atoms with Crippen LogP contribution >= 0.6 is 24.0 Å². The van der Waals surface area contributed by atoms with Crippen molar-refractivity contribution in [1.82, 2.24) is 10.5 Å². The van der Waals surface area contributed by atoms with Crippen molar-refractivity contribution in [2.45, 2.75) is 18.8 Å². The molecule has 1 fully saturated rings. The van der Waals surface area contributed by atoms with Crippen LogP contribution in [0.2, 0.25) is 5.02 Å². The number of benzene rings is 1. The Morgan fingerprint density at radius 2 is 2.06 bits per heavy atom. The maximum absolute atomic E-state index is 5.92. The number of halogens is 2. The summed E-state index contributed by atoms with van der Waals surface area (Å²) in [7, 11) is 0. The Kier molecular flexibility index (Phi) is 3.92. The molecule has 1 N–H and O–H groups in total. The Morgan fingerprint density at radius 1 is 1.29 bits per heavy atom. The monoisotopic (exact) mass is 272 g/mol. The smallest absolute Gasteiger partial charge is 0.168 e. The highest BCUT2D eigenvalue weighted by atomic mass is 35.5. The second-order valence-electron chi connectivity index (χ2n) is 4.23. The van der Waals surface area contributed by atoms with Crippen LogP contribution in [0.25, 0.3) is 11.0 Å². The predicted molar refractivity (Wildman–Crippen MR) is 71.1 cm³/mol. The van der Waals surface area contributed by atoms with Crippen molar-refractivity contribution in [2.75, 3.05) is 13.1 Å². The molecular weight excluding hydrogens is 259 g/mol. The summed E-state index contributed by atoms with van der Waals surface area (Å²) in [6.07, 6.45) is 2.26. The summed E-state index contributed by atoms with van der Waals surface area (Å²) in [5.74, 6) is 0.517. The molecule has 2 aromatic rings. The normalized spacial score (nSPS) is 17.0. The van der Waals surface area contributed by atoms with E-state index in [0.717, 1.165) is 42.6 Å². The summed E-state index contributed by atoms with van der Waals surface area (Å²) in [5.41, 5.74) is 1.88. The van der Waals surface area contributed by atoms with Gasteiger partial charge in [0.1, 0.15) is 0 Å². The fourth-order valence-electron chi connectivity index (χ4n) is 2.32. The molecular formula is C12H14Cl2N2O. The van der Waals surface area contributed by atoms with E-state index in [1.807, 2.05) is 18.2 Å². The van der Waals surface area contributed by atoms with E-state index in [1.54, 1.807) is 0 Å². The topological polar surface area (TPSA) is 38.1 Å². The predicted octanol–water partition coefficient (Wildman–Crippen LogP) is 3.37. The van der Waals surface area contributed by atoms with Gasteiger partial charge in [0.05, 0.1) is 5.69 Å². The van der Waals surface area contributed by atoms with Crippen LogP contribution in [0.4, 0.5) is 0 Å². The first-order valence-electron chi connectivity index (χ1n) is 5.60. The number of nitrogens with zero attached hydrogens (tertiary/aromatic N) is 1. The second-order valence-corrected chi connectivity index (χ2v) is 4.67. The van der Waals surface area contributed by atoms with Crippen molar-refractivity contribution in [3.05, 3.63) is 28.9 Å². The zero-order chi connectivity index (χ0) is 11.0. The number of hydrogen-bond acceptors (Lipinski definition) is 3. The van der Waals surface area contributed by atoms with Gasteiger partial charge in [0.2, 0.25) is 0 Å². The summed E-state index contributed by atoms with van der Waals surface area (Å²) in [4.78, 5) is 0. The van der Waals surface area contributed by atoms with Gasteiger partial charge in [-0.1, -0.05) is 16.8 Å². The average molecular weight is 273 g/mol. The quantitative estimate of drug-likeness (QED) is 0.865. The van der Waals surface area contributed by atoms with E-state index >= 15 is 0 Å². The first-order chi connectivity index (χ1) is 7.84. The number of aromatic nitrogens is 1. The Bertz CT molecular complexity index is 506. The van der Waals surface area contributed by atoms with E-state index in [0.29, 0.717) is 10.9 Å². The molecule has 1 aromatic carbocycles. The van der Waals surface area contributed by atoms with Gasteiger partial charge in [-0.05, 0) is 38.1 Å². The highest BCUT2D eigenvalue weighted by Gasteiger charge is 2.21. The van der Waals surface area contributed by atoms with Crippen molar-refractivity contribution < 1.29 is 4.52 Å². The molecule has 2 heterocycles. The van der Waals surface area contributed by atoms with Crippen molar-refractivity contribution in [2.24, 2.45) is 0 Å². The standard InChI is InChI=1S/C12H13ClN2O.ClH/c13-9-1-2-10-11(7-9)16-15-12(10)8-3-5-14-6-4-8;/h1-2,7-8,14H,3-6H2;1H. The van der Waals surface area contributed by atoms with Gasteiger partial charge < -0.3 is 9.84 Å². The lowest BCUT2D eigenvalue weighted by Gasteiger charge is -2.20. The van der Waals surface area contributed by atoms with Gasteiger partial charge in [-0.25, -0.2) is 0 Å². The minimum Gasteiger partial charge on any atom is -0.356 e. The Hall–Kier alpha value is -0.770. The van der Waals surface area contributed by atoms with Crippen molar-refractivity contribution in [1.29, 1.82) is 0 Å². The number of hydrogen-bond donors (Lipinski definition) is 1. The summed E-state index contributed by atoms with van der Waals surface area (Å²) < 4.78 is 5.33. The maximum atomic E-state index is 5.92. The molecule has 0 bridgehead atoms. The summed E-state index contributed by atoms with van der Waals surface area (Å²) >= 11 is 5.92. The Labute approximate surface area is 111 Å². The molecule has 1 aromatic heterocycles.